The smallest absolute Gasteiger partial charge is 0.291 e. The molecule has 8 heteroatoms. The molecule has 2 aromatic carbocycles. The van der Waals surface area contributed by atoms with Crippen molar-refractivity contribution >= 4 is 38.6 Å². The molecule has 0 bridgehead atoms. The fourth-order valence-electron chi connectivity index (χ4n) is 2.73. The van der Waals surface area contributed by atoms with Gasteiger partial charge in [0.2, 0.25) is 5.89 Å². The SMILES string of the molecule is COc1ccc(-c2nc3cc(NC(=O)c4ccc(Br)o4)ccc3o2)cc1OC. The largest absolute Gasteiger partial charge is 0.493 e. The lowest BCUT2D eigenvalue weighted by molar-refractivity contribution is 0.0995. The van der Waals surface area contributed by atoms with E-state index < -0.39 is 0 Å². The molecule has 0 fully saturated rings. The first-order valence-electron chi connectivity index (χ1n) is 8.27. The summed E-state index contributed by atoms with van der Waals surface area (Å²) in [6.45, 7) is 0. The molecular weight excluding hydrogens is 428 g/mol. The number of carbonyl (C=O) groups is 1. The van der Waals surface area contributed by atoms with E-state index in [1.54, 1.807) is 56.7 Å². The molecule has 4 rings (SSSR count). The number of furan rings is 1. The van der Waals surface area contributed by atoms with E-state index in [2.05, 4.69) is 26.2 Å². The lowest BCUT2D eigenvalue weighted by Crippen LogP contribution is -2.10. The average molecular weight is 443 g/mol. The van der Waals surface area contributed by atoms with Crippen LogP contribution in [0.2, 0.25) is 0 Å². The summed E-state index contributed by atoms with van der Waals surface area (Å²) in [6, 6.07) is 13.9. The Bertz CT molecular complexity index is 1160. The van der Waals surface area contributed by atoms with Crippen LogP contribution in [0.5, 0.6) is 11.5 Å². The fourth-order valence-corrected chi connectivity index (χ4v) is 3.03. The Morgan fingerprint density at radius 2 is 1.82 bits per heavy atom. The number of carbonyl (C=O) groups excluding carboxylic acids is 1. The third kappa shape index (κ3) is 3.46. The Balaban J connectivity index is 1.62. The van der Waals surface area contributed by atoms with Crippen molar-refractivity contribution in [2.75, 3.05) is 19.5 Å². The number of methoxy groups -OCH3 is 2. The van der Waals surface area contributed by atoms with Gasteiger partial charge < -0.3 is 23.6 Å². The van der Waals surface area contributed by atoms with Gasteiger partial charge in [0.1, 0.15) is 5.52 Å². The van der Waals surface area contributed by atoms with Crippen LogP contribution in [0.25, 0.3) is 22.6 Å². The van der Waals surface area contributed by atoms with Gasteiger partial charge in [-0.1, -0.05) is 0 Å². The Labute approximate surface area is 168 Å². The molecule has 7 nitrogen and oxygen atoms in total. The van der Waals surface area contributed by atoms with E-state index in [0.29, 0.717) is 38.8 Å². The van der Waals surface area contributed by atoms with E-state index in [9.17, 15) is 4.79 Å². The van der Waals surface area contributed by atoms with Gasteiger partial charge in [0.05, 0.1) is 14.2 Å². The minimum atomic E-state index is -0.353. The molecule has 0 saturated heterocycles. The van der Waals surface area contributed by atoms with Gasteiger partial charge in [0, 0.05) is 11.3 Å². The summed E-state index contributed by atoms with van der Waals surface area (Å²) < 4.78 is 22.2. The van der Waals surface area contributed by atoms with Gasteiger partial charge in [-0.2, -0.15) is 0 Å². The molecule has 142 valence electrons. The molecule has 28 heavy (non-hydrogen) atoms. The Hall–Kier alpha value is -3.26. The average Bonchev–Trinajstić information content (AvgIpc) is 3.33. The first-order chi connectivity index (χ1) is 13.6. The maximum Gasteiger partial charge on any atom is 0.291 e. The summed E-state index contributed by atoms with van der Waals surface area (Å²) in [5, 5.41) is 2.77. The zero-order chi connectivity index (χ0) is 19.7. The monoisotopic (exact) mass is 442 g/mol. The second-order valence-corrected chi connectivity index (χ2v) is 6.61. The van der Waals surface area contributed by atoms with Crippen LogP contribution in [0, 0.1) is 0 Å². The van der Waals surface area contributed by atoms with Crippen LogP contribution in [0.4, 0.5) is 5.69 Å². The molecule has 0 aliphatic rings. The zero-order valence-corrected chi connectivity index (χ0v) is 16.6. The molecule has 2 aromatic heterocycles. The van der Waals surface area contributed by atoms with Crippen molar-refractivity contribution in [2.24, 2.45) is 0 Å². The van der Waals surface area contributed by atoms with Gasteiger partial charge in [0.25, 0.3) is 5.91 Å². The number of hydrogen-bond donors (Lipinski definition) is 1. The third-order valence-corrected chi connectivity index (χ3v) is 4.50. The predicted octanol–water partition coefficient (Wildman–Crippen LogP) is 5.12. The number of nitrogens with zero attached hydrogens (tertiary/aromatic N) is 1. The number of nitrogens with one attached hydrogen (secondary N) is 1. The van der Waals surface area contributed by atoms with Gasteiger partial charge in [0.15, 0.2) is 27.5 Å². The lowest BCUT2D eigenvalue weighted by atomic mass is 10.2. The summed E-state index contributed by atoms with van der Waals surface area (Å²) >= 11 is 3.18. The number of amides is 1. The molecule has 0 spiro atoms. The normalized spacial score (nSPS) is 10.8. The van der Waals surface area contributed by atoms with Gasteiger partial charge in [-0.3, -0.25) is 4.79 Å². The number of oxazole rings is 1. The molecule has 1 N–H and O–H groups in total. The molecule has 0 saturated carbocycles. The number of anilines is 1. The van der Waals surface area contributed by atoms with Crippen molar-refractivity contribution in [3.8, 4) is 23.0 Å². The number of ether oxygens (including phenoxy) is 2. The van der Waals surface area contributed by atoms with Crippen molar-refractivity contribution in [1.82, 2.24) is 4.98 Å². The van der Waals surface area contributed by atoms with Crippen molar-refractivity contribution in [3.63, 3.8) is 0 Å². The standard InChI is InChI=1S/C20H15BrN2O5/c1-25-15-5-3-11(9-17(15)26-2)20-23-13-10-12(4-6-14(13)28-20)22-19(24)16-7-8-18(21)27-16/h3-10H,1-2H3,(H,22,24). The van der Waals surface area contributed by atoms with Crippen molar-refractivity contribution in [3.05, 3.63) is 59.0 Å². The highest BCUT2D eigenvalue weighted by atomic mass is 79.9. The minimum Gasteiger partial charge on any atom is -0.493 e. The summed E-state index contributed by atoms with van der Waals surface area (Å²) in [4.78, 5) is 16.7. The van der Waals surface area contributed by atoms with Crippen molar-refractivity contribution in [1.29, 1.82) is 0 Å². The molecule has 0 aliphatic carbocycles. The highest BCUT2D eigenvalue weighted by Gasteiger charge is 2.14. The maximum atomic E-state index is 12.2. The number of rotatable bonds is 5. The minimum absolute atomic E-state index is 0.207. The van der Waals surface area contributed by atoms with Crippen LogP contribution in [0.15, 0.2) is 62.0 Å². The van der Waals surface area contributed by atoms with Crippen LogP contribution >= 0.6 is 15.9 Å². The van der Waals surface area contributed by atoms with E-state index >= 15 is 0 Å². The molecule has 0 atom stereocenters. The highest BCUT2D eigenvalue weighted by molar-refractivity contribution is 9.10. The number of benzene rings is 2. The molecule has 0 aliphatic heterocycles. The number of aromatic nitrogens is 1. The Morgan fingerprint density at radius 3 is 2.54 bits per heavy atom. The molecule has 4 aromatic rings. The molecule has 0 radical (unpaired) electrons. The topological polar surface area (TPSA) is 86.7 Å². The van der Waals surface area contributed by atoms with Gasteiger partial charge in [-0.05, 0) is 64.5 Å². The van der Waals surface area contributed by atoms with Crippen LogP contribution in [-0.4, -0.2) is 25.1 Å². The number of fused-ring (bicyclic) bond motifs is 1. The molecule has 0 unspecified atom stereocenters. The Kier molecular flexibility index (Phi) is 4.79. The van der Waals surface area contributed by atoms with Crippen LogP contribution in [0.1, 0.15) is 10.6 Å². The summed E-state index contributed by atoms with van der Waals surface area (Å²) in [5.74, 6) is 1.50. The first-order valence-corrected chi connectivity index (χ1v) is 9.06. The number of hydrogen-bond acceptors (Lipinski definition) is 6. The van der Waals surface area contributed by atoms with Gasteiger partial charge in [-0.15, -0.1) is 0 Å². The maximum absolute atomic E-state index is 12.2. The van der Waals surface area contributed by atoms with Gasteiger partial charge in [-0.25, -0.2) is 4.98 Å². The first kappa shape index (κ1) is 18.1. The van der Waals surface area contributed by atoms with Gasteiger partial charge >= 0.3 is 0 Å². The van der Waals surface area contributed by atoms with Crippen LogP contribution in [0.3, 0.4) is 0 Å². The second-order valence-electron chi connectivity index (χ2n) is 5.83. The predicted molar refractivity (Wildman–Crippen MR) is 107 cm³/mol. The fraction of sp³-hybridized carbons (Fsp3) is 0.100. The van der Waals surface area contributed by atoms with Crippen LogP contribution < -0.4 is 14.8 Å². The summed E-state index contributed by atoms with van der Waals surface area (Å²) in [6.07, 6.45) is 0. The van der Waals surface area contributed by atoms with Crippen molar-refractivity contribution in [2.45, 2.75) is 0 Å². The summed E-state index contributed by atoms with van der Waals surface area (Å²) in [7, 11) is 3.15. The van der Waals surface area contributed by atoms with Crippen molar-refractivity contribution < 1.29 is 23.1 Å². The second kappa shape index (κ2) is 7.40. The van der Waals surface area contributed by atoms with E-state index in [4.69, 9.17) is 18.3 Å². The lowest BCUT2D eigenvalue weighted by Gasteiger charge is -2.07. The third-order valence-electron chi connectivity index (χ3n) is 4.07. The zero-order valence-electron chi connectivity index (χ0n) is 15.0. The molecular formula is C20H15BrN2O5. The van der Waals surface area contributed by atoms with E-state index in [0.717, 1.165) is 5.56 Å². The quantitative estimate of drug-likeness (QED) is 0.461. The molecule has 2 heterocycles. The van der Waals surface area contributed by atoms with Crippen LogP contribution in [-0.2, 0) is 0 Å². The number of halogens is 1. The van der Waals surface area contributed by atoms with E-state index in [-0.39, 0.29) is 11.7 Å². The van der Waals surface area contributed by atoms with E-state index in [1.165, 1.54) is 0 Å². The highest BCUT2D eigenvalue weighted by Crippen LogP contribution is 2.33. The molecule has 1 amide bonds. The van der Waals surface area contributed by atoms with E-state index in [1.807, 2.05) is 6.07 Å². The Morgan fingerprint density at radius 1 is 1.00 bits per heavy atom. The summed E-state index contributed by atoms with van der Waals surface area (Å²) in [5.41, 5.74) is 2.55.